The van der Waals surface area contributed by atoms with Crippen molar-refractivity contribution in [2.45, 2.75) is 22.6 Å². The van der Waals surface area contributed by atoms with Crippen molar-refractivity contribution in [1.82, 2.24) is 0 Å². The van der Waals surface area contributed by atoms with Gasteiger partial charge in [0, 0.05) is 5.92 Å². The first-order valence-corrected chi connectivity index (χ1v) is 8.94. The van der Waals surface area contributed by atoms with Crippen LogP contribution in [-0.4, -0.2) is 13.3 Å². The van der Waals surface area contributed by atoms with E-state index in [4.69, 9.17) is 5.73 Å². The van der Waals surface area contributed by atoms with Crippen LogP contribution in [-0.2, 0) is 9.84 Å². The molecule has 0 bridgehead atoms. The van der Waals surface area contributed by atoms with Crippen LogP contribution in [0.5, 0.6) is 0 Å². The zero-order valence-corrected chi connectivity index (χ0v) is 13.7. The Bertz CT molecular complexity index is 852. The molecule has 0 heterocycles. The minimum atomic E-state index is -3.74. The van der Waals surface area contributed by atoms with Gasteiger partial charge in [0.1, 0.15) is 0 Å². The molecule has 0 aromatic heterocycles. The molecule has 2 unspecified atom stereocenters. The standard InChI is InChI=1S/C19H19NO2S/c1-15-10-12-17(13-11-15)23(21,22)19(20)14-6-5-9-18(19)16-7-3-2-4-8-16/h2-14,18H,20H2,1H3. The molecule has 3 nitrogen and oxygen atoms in total. The minimum Gasteiger partial charge on any atom is -0.308 e. The van der Waals surface area contributed by atoms with Crippen molar-refractivity contribution < 1.29 is 8.42 Å². The summed E-state index contributed by atoms with van der Waals surface area (Å²) >= 11 is 0. The number of benzene rings is 2. The summed E-state index contributed by atoms with van der Waals surface area (Å²) in [7, 11) is -3.74. The van der Waals surface area contributed by atoms with Crippen LogP contribution in [0.15, 0.2) is 83.8 Å². The van der Waals surface area contributed by atoms with Gasteiger partial charge in [-0.1, -0.05) is 66.3 Å². The molecular weight excluding hydrogens is 306 g/mol. The molecule has 2 aromatic rings. The van der Waals surface area contributed by atoms with Gasteiger partial charge in [-0.15, -0.1) is 0 Å². The van der Waals surface area contributed by atoms with Crippen LogP contribution in [0.25, 0.3) is 0 Å². The molecule has 1 aliphatic carbocycles. The van der Waals surface area contributed by atoms with Crippen molar-refractivity contribution in [2.75, 3.05) is 0 Å². The zero-order chi connectivity index (χ0) is 16.5. The third-order valence-corrected chi connectivity index (χ3v) is 6.43. The summed E-state index contributed by atoms with van der Waals surface area (Å²) in [6, 6.07) is 16.3. The summed E-state index contributed by atoms with van der Waals surface area (Å²) in [4.78, 5) is -1.26. The molecule has 0 saturated heterocycles. The van der Waals surface area contributed by atoms with E-state index in [9.17, 15) is 8.42 Å². The molecule has 0 amide bonds. The van der Waals surface area contributed by atoms with Crippen LogP contribution in [0.1, 0.15) is 17.0 Å². The van der Waals surface area contributed by atoms with Crippen LogP contribution < -0.4 is 5.73 Å². The largest absolute Gasteiger partial charge is 0.308 e. The highest BCUT2D eigenvalue weighted by Gasteiger charge is 2.46. The van der Waals surface area contributed by atoms with Gasteiger partial charge in [-0.05, 0) is 30.7 Å². The first-order valence-electron chi connectivity index (χ1n) is 7.46. The Morgan fingerprint density at radius 1 is 0.957 bits per heavy atom. The molecule has 1 aliphatic rings. The van der Waals surface area contributed by atoms with E-state index < -0.39 is 20.6 Å². The number of aryl methyl sites for hydroxylation is 1. The van der Waals surface area contributed by atoms with E-state index in [0.29, 0.717) is 0 Å². The van der Waals surface area contributed by atoms with Crippen LogP contribution in [0.3, 0.4) is 0 Å². The Kier molecular flexibility index (Phi) is 3.96. The van der Waals surface area contributed by atoms with E-state index in [-0.39, 0.29) is 4.90 Å². The highest BCUT2D eigenvalue weighted by Crippen LogP contribution is 2.39. The SMILES string of the molecule is Cc1ccc(S(=O)(=O)C2(N)C=CC=CC2c2ccccc2)cc1. The number of sulfone groups is 1. The topological polar surface area (TPSA) is 60.2 Å². The van der Waals surface area contributed by atoms with E-state index in [2.05, 4.69) is 0 Å². The lowest BCUT2D eigenvalue weighted by molar-refractivity contribution is 0.534. The number of rotatable bonds is 3. The molecule has 4 heteroatoms. The van der Waals surface area contributed by atoms with Crippen LogP contribution in [0.4, 0.5) is 0 Å². The van der Waals surface area contributed by atoms with Crippen LogP contribution in [0, 0.1) is 6.92 Å². The minimum absolute atomic E-state index is 0.242. The molecule has 2 N–H and O–H groups in total. The van der Waals surface area contributed by atoms with E-state index in [0.717, 1.165) is 11.1 Å². The first kappa shape index (κ1) is 15.7. The maximum Gasteiger partial charge on any atom is 0.201 e. The molecule has 118 valence electrons. The van der Waals surface area contributed by atoms with Gasteiger partial charge in [-0.3, -0.25) is 0 Å². The Hall–Kier alpha value is -2.17. The van der Waals surface area contributed by atoms with Crippen LogP contribution >= 0.6 is 0 Å². The maximum atomic E-state index is 13.2. The number of allylic oxidation sites excluding steroid dienone is 2. The third kappa shape index (κ3) is 2.64. The number of hydrogen-bond acceptors (Lipinski definition) is 3. The van der Waals surface area contributed by atoms with Gasteiger partial charge in [0.15, 0.2) is 4.87 Å². The fraction of sp³-hybridized carbons (Fsp3) is 0.158. The molecule has 23 heavy (non-hydrogen) atoms. The summed E-state index contributed by atoms with van der Waals surface area (Å²) in [6.45, 7) is 1.92. The second-order valence-corrected chi connectivity index (χ2v) is 7.99. The summed E-state index contributed by atoms with van der Waals surface area (Å²) in [6.07, 6.45) is 6.97. The average Bonchev–Trinajstić information content (AvgIpc) is 2.56. The molecule has 3 rings (SSSR count). The van der Waals surface area contributed by atoms with Crippen LogP contribution in [0.2, 0.25) is 0 Å². The smallest absolute Gasteiger partial charge is 0.201 e. The summed E-state index contributed by atoms with van der Waals surface area (Å²) in [5.41, 5.74) is 8.35. The average molecular weight is 325 g/mol. The van der Waals surface area contributed by atoms with Crippen molar-refractivity contribution in [3.63, 3.8) is 0 Å². The van der Waals surface area contributed by atoms with Gasteiger partial charge in [0.25, 0.3) is 0 Å². The van der Waals surface area contributed by atoms with Gasteiger partial charge in [-0.25, -0.2) is 8.42 Å². The normalized spacial score (nSPS) is 23.8. The molecule has 2 aromatic carbocycles. The lowest BCUT2D eigenvalue weighted by atomic mass is 9.88. The fourth-order valence-corrected chi connectivity index (χ4v) is 4.55. The van der Waals surface area contributed by atoms with Crippen molar-refractivity contribution in [1.29, 1.82) is 0 Å². The Labute approximate surface area is 137 Å². The molecule has 0 radical (unpaired) electrons. The molecule has 0 spiro atoms. The van der Waals surface area contributed by atoms with Crippen molar-refractivity contribution >= 4 is 9.84 Å². The van der Waals surface area contributed by atoms with E-state index in [1.807, 2.05) is 49.4 Å². The van der Waals surface area contributed by atoms with E-state index in [1.54, 1.807) is 36.4 Å². The van der Waals surface area contributed by atoms with Gasteiger partial charge in [0.05, 0.1) is 4.90 Å². The van der Waals surface area contributed by atoms with Gasteiger partial charge < -0.3 is 5.73 Å². The van der Waals surface area contributed by atoms with Crippen molar-refractivity contribution in [3.05, 3.63) is 90.0 Å². The van der Waals surface area contributed by atoms with Gasteiger partial charge in [-0.2, -0.15) is 0 Å². The lowest BCUT2D eigenvalue weighted by Gasteiger charge is -2.34. The zero-order valence-electron chi connectivity index (χ0n) is 12.9. The molecule has 2 atom stereocenters. The Morgan fingerprint density at radius 2 is 1.61 bits per heavy atom. The second-order valence-electron chi connectivity index (χ2n) is 5.80. The van der Waals surface area contributed by atoms with Crippen molar-refractivity contribution in [2.24, 2.45) is 5.73 Å². The number of nitrogens with two attached hydrogens (primary N) is 1. The predicted octanol–water partition coefficient (Wildman–Crippen LogP) is 3.33. The Balaban J connectivity index is 2.12. The second kappa shape index (κ2) is 5.80. The van der Waals surface area contributed by atoms with Gasteiger partial charge >= 0.3 is 0 Å². The fourth-order valence-electron chi connectivity index (χ4n) is 2.85. The highest BCUT2D eigenvalue weighted by atomic mass is 32.2. The quantitative estimate of drug-likeness (QED) is 0.941. The van der Waals surface area contributed by atoms with E-state index in [1.165, 1.54) is 0 Å². The molecule has 0 aliphatic heterocycles. The summed E-state index contributed by atoms with van der Waals surface area (Å²) in [5.74, 6) is -0.431. The lowest BCUT2D eigenvalue weighted by Crippen LogP contribution is -2.51. The Morgan fingerprint density at radius 3 is 2.26 bits per heavy atom. The third-order valence-electron chi connectivity index (χ3n) is 4.21. The summed E-state index contributed by atoms with van der Waals surface area (Å²) < 4.78 is 26.4. The molecular formula is C19H19NO2S. The monoisotopic (exact) mass is 325 g/mol. The highest BCUT2D eigenvalue weighted by molar-refractivity contribution is 7.93. The van der Waals surface area contributed by atoms with E-state index >= 15 is 0 Å². The number of hydrogen-bond donors (Lipinski definition) is 1. The summed E-state index contributed by atoms with van der Waals surface area (Å²) in [5, 5.41) is 0. The van der Waals surface area contributed by atoms with Gasteiger partial charge in [0.2, 0.25) is 9.84 Å². The first-order chi connectivity index (χ1) is 10.9. The molecule has 0 saturated carbocycles. The maximum absolute atomic E-state index is 13.2. The van der Waals surface area contributed by atoms with Crippen molar-refractivity contribution in [3.8, 4) is 0 Å². The molecule has 0 fully saturated rings. The predicted molar refractivity (Wildman–Crippen MR) is 92.7 cm³/mol.